The van der Waals surface area contributed by atoms with Crippen molar-refractivity contribution in [3.8, 4) is 0 Å². The van der Waals surface area contributed by atoms with Gasteiger partial charge in [0.1, 0.15) is 6.04 Å². The van der Waals surface area contributed by atoms with Crippen molar-refractivity contribution >= 4 is 23.5 Å². The second-order valence-corrected chi connectivity index (χ2v) is 7.19. The van der Waals surface area contributed by atoms with E-state index in [0.29, 0.717) is 19.6 Å². The molecule has 1 aromatic carbocycles. The number of hydrogen-bond acceptors (Lipinski definition) is 4. The number of amides is 2. The van der Waals surface area contributed by atoms with Crippen LogP contribution in [0.1, 0.15) is 31.7 Å². The first-order valence-electron chi connectivity index (χ1n) is 9.50. The molecule has 0 aromatic heterocycles. The number of aryl methyl sites for hydroxylation is 1. The lowest BCUT2D eigenvalue weighted by Gasteiger charge is -2.28. The fraction of sp³-hybridized carbons (Fsp3) is 0.550. The molecule has 0 spiro atoms. The van der Waals surface area contributed by atoms with Gasteiger partial charge in [-0.05, 0) is 30.9 Å². The van der Waals surface area contributed by atoms with Crippen molar-refractivity contribution in [1.29, 1.82) is 0 Å². The molecule has 7 heteroatoms. The van der Waals surface area contributed by atoms with Gasteiger partial charge in [-0.25, -0.2) is 4.79 Å². The molecule has 3 unspecified atom stereocenters. The molecule has 2 aliphatic heterocycles. The summed E-state index contributed by atoms with van der Waals surface area (Å²) >= 11 is 0. The van der Waals surface area contributed by atoms with Crippen LogP contribution in [0.15, 0.2) is 24.3 Å². The summed E-state index contributed by atoms with van der Waals surface area (Å²) in [5.41, 5.74) is 1.88. The second-order valence-electron chi connectivity index (χ2n) is 7.19. The van der Waals surface area contributed by atoms with E-state index in [1.54, 1.807) is 4.90 Å². The summed E-state index contributed by atoms with van der Waals surface area (Å²) in [5.74, 6) is -2.33. The Morgan fingerprint density at radius 2 is 2.15 bits per heavy atom. The first kappa shape index (κ1) is 19.4. The smallest absolute Gasteiger partial charge is 0.326 e. The number of carboxylic acid groups (broad SMARTS) is 1. The number of carbonyl (C=O) groups excluding carboxylic acids is 2. The molecule has 3 rings (SSSR count). The number of carbonyl (C=O) groups is 3. The minimum Gasteiger partial charge on any atom is -0.480 e. The van der Waals surface area contributed by atoms with E-state index in [1.165, 1.54) is 0 Å². The van der Waals surface area contributed by atoms with Gasteiger partial charge in [0.15, 0.2) is 0 Å². The highest BCUT2D eigenvalue weighted by Gasteiger charge is 2.39. The van der Waals surface area contributed by atoms with Crippen LogP contribution in [0.5, 0.6) is 0 Å². The van der Waals surface area contributed by atoms with Gasteiger partial charge in [0.2, 0.25) is 11.8 Å². The summed E-state index contributed by atoms with van der Waals surface area (Å²) in [5, 5.41) is 12.2. The maximum atomic E-state index is 12.7. The van der Waals surface area contributed by atoms with Crippen molar-refractivity contribution in [3.63, 3.8) is 0 Å². The number of nitrogens with one attached hydrogen (secondary N) is 1. The summed E-state index contributed by atoms with van der Waals surface area (Å²) in [7, 11) is 0. The molecule has 2 saturated heterocycles. The molecule has 27 heavy (non-hydrogen) atoms. The molecule has 0 aliphatic carbocycles. The normalized spacial score (nSPS) is 23.9. The Balaban J connectivity index is 1.68. The molecule has 2 amide bonds. The number of anilines is 1. The fourth-order valence-corrected chi connectivity index (χ4v) is 3.87. The third-order valence-electron chi connectivity index (χ3n) is 5.39. The quantitative estimate of drug-likeness (QED) is 0.788. The fourth-order valence-electron chi connectivity index (χ4n) is 3.87. The number of hydrogen-bond donors (Lipinski definition) is 2. The first-order valence-corrected chi connectivity index (χ1v) is 9.50. The molecule has 146 valence electrons. The average molecular weight is 374 g/mol. The number of carboxylic acids is 1. The summed E-state index contributed by atoms with van der Waals surface area (Å²) in [6.45, 7) is 3.25. The number of para-hydroxylation sites is 1. The molecule has 2 N–H and O–H groups in total. The summed E-state index contributed by atoms with van der Waals surface area (Å²) in [4.78, 5) is 38.5. The standard InChI is InChI=1S/C20H26N2O5/c1-2-13-6-3-4-8-16(13)22-11-15(10-17(22)23)19(24)21-18(20(25)26)14-7-5-9-27-12-14/h3-4,6,8,14-15,18H,2,5,7,9-12H2,1H3,(H,21,24)(H,25,26). The first-order chi connectivity index (χ1) is 13.0. The van der Waals surface area contributed by atoms with E-state index in [2.05, 4.69) is 5.32 Å². The third kappa shape index (κ3) is 4.30. The Morgan fingerprint density at radius 3 is 2.81 bits per heavy atom. The highest BCUT2D eigenvalue weighted by atomic mass is 16.5. The lowest BCUT2D eigenvalue weighted by Crippen LogP contribution is -2.50. The van der Waals surface area contributed by atoms with E-state index in [0.717, 1.165) is 24.1 Å². The minimum atomic E-state index is -1.06. The largest absolute Gasteiger partial charge is 0.480 e. The minimum absolute atomic E-state index is 0.0946. The summed E-state index contributed by atoms with van der Waals surface area (Å²) < 4.78 is 5.36. The Kier molecular flexibility index (Phi) is 6.11. The van der Waals surface area contributed by atoms with E-state index in [1.807, 2.05) is 31.2 Å². The average Bonchev–Trinajstić information content (AvgIpc) is 3.08. The highest BCUT2D eigenvalue weighted by Crippen LogP contribution is 2.29. The molecule has 0 radical (unpaired) electrons. The van der Waals surface area contributed by atoms with Crippen molar-refractivity contribution < 1.29 is 24.2 Å². The summed E-state index contributed by atoms with van der Waals surface area (Å²) in [6.07, 6.45) is 2.38. The molecule has 2 fully saturated rings. The monoisotopic (exact) mass is 374 g/mol. The van der Waals surface area contributed by atoms with Crippen LogP contribution < -0.4 is 10.2 Å². The van der Waals surface area contributed by atoms with Gasteiger partial charge in [-0.3, -0.25) is 9.59 Å². The van der Waals surface area contributed by atoms with Crippen LogP contribution in [0.4, 0.5) is 5.69 Å². The van der Waals surface area contributed by atoms with Gasteiger partial charge in [0, 0.05) is 31.2 Å². The molecule has 0 bridgehead atoms. The number of ether oxygens (including phenoxy) is 1. The molecule has 2 heterocycles. The molecule has 2 aliphatic rings. The van der Waals surface area contributed by atoms with Crippen molar-refractivity contribution in [3.05, 3.63) is 29.8 Å². The van der Waals surface area contributed by atoms with Crippen molar-refractivity contribution in [2.75, 3.05) is 24.7 Å². The Morgan fingerprint density at radius 1 is 1.37 bits per heavy atom. The van der Waals surface area contributed by atoms with Gasteiger partial charge in [0.25, 0.3) is 0 Å². The van der Waals surface area contributed by atoms with Crippen LogP contribution in [0.25, 0.3) is 0 Å². The van der Waals surface area contributed by atoms with Gasteiger partial charge >= 0.3 is 5.97 Å². The number of benzene rings is 1. The molecule has 7 nitrogen and oxygen atoms in total. The van der Waals surface area contributed by atoms with Crippen LogP contribution >= 0.6 is 0 Å². The van der Waals surface area contributed by atoms with Crippen molar-refractivity contribution in [1.82, 2.24) is 5.32 Å². The van der Waals surface area contributed by atoms with Gasteiger partial charge in [-0.2, -0.15) is 0 Å². The van der Waals surface area contributed by atoms with E-state index >= 15 is 0 Å². The second kappa shape index (κ2) is 8.52. The maximum Gasteiger partial charge on any atom is 0.326 e. The molecular weight excluding hydrogens is 348 g/mol. The van der Waals surface area contributed by atoms with Gasteiger partial charge in [-0.15, -0.1) is 0 Å². The number of rotatable bonds is 6. The van der Waals surface area contributed by atoms with Crippen LogP contribution in [-0.2, 0) is 25.5 Å². The number of aliphatic carboxylic acids is 1. The van der Waals surface area contributed by atoms with Crippen molar-refractivity contribution in [2.45, 2.75) is 38.6 Å². The highest BCUT2D eigenvalue weighted by molar-refractivity contribution is 6.01. The molecule has 1 aromatic rings. The predicted octanol–water partition coefficient (Wildman–Crippen LogP) is 1.60. The summed E-state index contributed by atoms with van der Waals surface area (Å²) in [6, 6.07) is 6.68. The zero-order valence-electron chi connectivity index (χ0n) is 15.5. The van der Waals surface area contributed by atoms with Crippen LogP contribution in [0.3, 0.4) is 0 Å². The molecule has 0 saturated carbocycles. The Bertz CT molecular complexity index is 714. The molecular formula is C20H26N2O5. The number of nitrogens with zero attached hydrogens (tertiary/aromatic N) is 1. The molecule has 3 atom stereocenters. The Labute approximate surface area is 158 Å². The third-order valence-corrected chi connectivity index (χ3v) is 5.39. The SMILES string of the molecule is CCc1ccccc1N1CC(C(=O)NC(C(=O)O)C2CCCOC2)CC1=O. The van der Waals surface area contributed by atoms with Crippen molar-refractivity contribution in [2.24, 2.45) is 11.8 Å². The van der Waals surface area contributed by atoms with Crippen LogP contribution in [0.2, 0.25) is 0 Å². The van der Waals surface area contributed by atoms with E-state index in [4.69, 9.17) is 4.74 Å². The van der Waals surface area contributed by atoms with Gasteiger partial charge in [0.05, 0.1) is 12.5 Å². The van der Waals surface area contributed by atoms with Crippen LogP contribution in [-0.4, -0.2) is 48.7 Å². The van der Waals surface area contributed by atoms with E-state index in [-0.39, 0.29) is 30.7 Å². The lowest BCUT2D eigenvalue weighted by atomic mass is 9.93. The topological polar surface area (TPSA) is 95.9 Å². The Hall–Kier alpha value is -2.41. The van der Waals surface area contributed by atoms with E-state index in [9.17, 15) is 19.5 Å². The predicted molar refractivity (Wildman–Crippen MR) is 99.4 cm³/mol. The van der Waals surface area contributed by atoms with Crippen LogP contribution in [0, 0.1) is 11.8 Å². The maximum absolute atomic E-state index is 12.7. The zero-order chi connectivity index (χ0) is 19.4. The van der Waals surface area contributed by atoms with Gasteiger partial charge < -0.3 is 20.1 Å². The van der Waals surface area contributed by atoms with E-state index < -0.39 is 17.9 Å². The lowest BCUT2D eigenvalue weighted by molar-refractivity contribution is -0.145. The van der Waals surface area contributed by atoms with Gasteiger partial charge in [-0.1, -0.05) is 25.1 Å². The zero-order valence-corrected chi connectivity index (χ0v) is 15.5.